The number of carbonyl (C=O) groups excluding carboxylic acids is 1. The average Bonchev–Trinajstić information content (AvgIpc) is 3.11. The van der Waals surface area contributed by atoms with E-state index in [4.69, 9.17) is 5.10 Å². The molecule has 150 valence electrons. The maximum Gasteiger partial charge on any atom is 0.271 e. The standard InChI is InChI=1S/C22H31N5O/c1-3-25-11-13-26(14-12-25)18-9-10-20-19(15-18)21(22(28)23-2)24-27(20)16-17-7-5-4-6-8-17/h4-8,18H,3,9-16H2,1-2H3,(H,23,28). The van der Waals surface area contributed by atoms with E-state index in [0.717, 1.165) is 64.1 Å². The molecule has 2 aromatic rings. The van der Waals surface area contributed by atoms with Gasteiger partial charge in [-0.05, 0) is 31.4 Å². The highest BCUT2D eigenvalue weighted by molar-refractivity contribution is 5.93. The normalized spacial score (nSPS) is 20.7. The van der Waals surface area contributed by atoms with Gasteiger partial charge >= 0.3 is 0 Å². The van der Waals surface area contributed by atoms with Gasteiger partial charge in [0, 0.05) is 50.5 Å². The molecule has 6 heteroatoms. The van der Waals surface area contributed by atoms with Crippen LogP contribution in [0.1, 0.15) is 40.7 Å². The quantitative estimate of drug-likeness (QED) is 0.858. The first-order valence-corrected chi connectivity index (χ1v) is 10.5. The molecule has 4 rings (SSSR count). The highest BCUT2D eigenvalue weighted by atomic mass is 16.1. The molecule has 1 N–H and O–H groups in total. The monoisotopic (exact) mass is 381 g/mol. The average molecular weight is 382 g/mol. The van der Waals surface area contributed by atoms with Gasteiger partial charge in [0.2, 0.25) is 0 Å². The Labute approximate surface area is 167 Å². The summed E-state index contributed by atoms with van der Waals surface area (Å²) < 4.78 is 2.06. The van der Waals surface area contributed by atoms with E-state index in [-0.39, 0.29) is 5.91 Å². The van der Waals surface area contributed by atoms with Crippen molar-refractivity contribution in [1.82, 2.24) is 24.9 Å². The molecule has 1 aromatic heterocycles. The van der Waals surface area contributed by atoms with Gasteiger partial charge < -0.3 is 10.2 Å². The zero-order valence-electron chi connectivity index (χ0n) is 17.0. The van der Waals surface area contributed by atoms with Crippen LogP contribution in [-0.4, -0.2) is 71.3 Å². The van der Waals surface area contributed by atoms with Crippen LogP contribution in [0.25, 0.3) is 0 Å². The lowest BCUT2D eigenvalue weighted by atomic mass is 9.89. The molecule has 1 amide bonds. The molecular formula is C22H31N5O. The number of benzene rings is 1. The number of aromatic nitrogens is 2. The number of rotatable bonds is 5. The third kappa shape index (κ3) is 3.84. The van der Waals surface area contributed by atoms with Crippen molar-refractivity contribution in [2.75, 3.05) is 39.8 Å². The maximum atomic E-state index is 12.5. The Hall–Kier alpha value is -2.18. The van der Waals surface area contributed by atoms with Gasteiger partial charge in [0.15, 0.2) is 5.69 Å². The maximum absolute atomic E-state index is 12.5. The summed E-state index contributed by atoms with van der Waals surface area (Å²) in [5.41, 5.74) is 4.23. The molecular weight excluding hydrogens is 350 g/mol. The van der Waals surface area contributed by atoms with Gasteiger partial charge in [-0.25, -0.2) is 0 Å². The number of amides is 1. The number of hydrogen-bond donors (Lipinski definition) is 1. The third-order valence-corrected chi connectivity index (χ3v) is 6.31. The van der Waals surface area contributed by atoms with E-state index in [2.05, 4.69) is 51.0 Å². The van der Waals surface area contributed by atoms with E-state index < -0.39 is 0 Å². The van der Waals surface area contributed by atoms with E-state index in [9.17, 15) is 4.79 Å². The Bertz CT molecular complexity index is 808. The summed E-state index contributed by atoms with van der Waals surface area (Å²) in [6.45, 7) is 8.64. The van der Waals surface area contributed by atoms with E-state index in [1.54, 1.807) is 7.05 Å². The molecule has 1 aromatic carbocycles. The second-order valence-electron chi connectivity index (χ2n) is 7.86. The summed E-state index contributed by atoms with van der Waals surface area (Å²) in [6.07, 6.45) is 3.07. The number of likely N-dealkylation sites (N-methyl/N-ethyl adjacent to an activating group) is 1. The molecule has 2 heterocycles. The van der Waals surface area contributed by atoms with Crippen molar-refractivity contribution in [1.29, 1.82) is 0 Å². The van der Waals surface area contributed by atoms with Crippen LogP contribution in [0.5, 0.6) is 0 Å². The zero-order chi connectivity index (χ0) is 19.5. The highest BCUT2D eigenvalue weighted by Gasteiger charge is 2.32. The molecule has 1 saturated heterocycles. The lowest BCUT2D eigenvalue weighted by molar-refractivity contribution is 0.0911. The minimum Gasteiger partial charge on any atom is -0.354 e. The fourth-order valence-electron chi connectivity index (χ4n) is 4.61. The van der Waals surface area contributed by atoms with Crippen LogP contribution in [-0.2, 0) is 19.4 Å². The van der Waals surface area contributed by atoms with Crippen molar-refractivity contribution in [2.24, 2.45) is 0 Å². The van der Waals surface area contributed by atoms with Crippen molar-refractivity contribution in [3.8, 4) is 0 Å². The number of carbonyl (C=O) groups is 1. The first-order chi connectivity index (χ1) is 13.7. The molecule has 1 aliphatic heterocycles. The van der Waals surface area contributed by atoms with Crippen molar-refractivity contribution >= 4 is 5.91 Å². The number of fused-ring (bicyclic) bond motifs is 1. The van der Waals surface area contributed by atoms with Gasteiger partial charge in [0.25, 0.3) is 5.91 Å². The van der Waals surface area contributed by atoms with Crippen molar-refractivity contribution in [3.05, 3.63) is 52.8 Å². The molecule has 0 spiro atoms. The second kappa shape index (κ2) is 8.45. The van der Waals surface area contributed by atoms with Crippen LogP contribution in [0.2, 0.25) is 0 Å². The smallest absolute Gasteiger partial charge is 0.271 e. The fraction of sp³-hybridized carbons (Fsp3) is 0.545. The number of piperazine rings is 1. The Morgan fingerprint density at radius 1 is 1.18 bits per heavy atom. The van der Waals surface area contributed by atoms with Crippen LogP contribution in [0.4, 0.5) is 0 Å². The minimum atomic E-state index is -0.0699. The summed E-state index contributed by atoms with van der Waals surface area (Å²) in [4.78, 5) is 17.6. The van der Waals surface area contributed by atoms with Crippen molar-refractivity contribution in [2.45, 2.75) is 38.8 Å². The molecule has 1 aliphatic carbocycles. The van der Waals surface area contributed by atoms with Crippen LogP contribution in [0.3, 0.4) is 0 Å². The molecule has 0 saturated carbocycles. The van der Waals surface area contributed by atoms with Gasteiger partial charge in [0.1, 0.15) is 0 Å². The molecule has 0 bridgehead atoms. The zero-order valence-corrected chi connectivity index (χ0v) is 17.0. The first kappa shape index (κ1) is 19.2. The Balaban J connectivity index is 1.56. The molecule has 1 atom stereocenters. The molecule has 0 radical (unpaired) electrons. The van der Waals surface area contributed by atoms with Crippen LogP contribution in [0.15, 0.2) is 30.3 Å². The predicted molar refractivity (Wildman–Crippen MR) is 111 cm³/mol. The van der Waals surface area contributed by atoms with Gasteiger partial charge in [-0.3, -0.25) is 14.4 Å². The van der Waals surface area contributed by atoms with E-state index >= 15 is 0 Å². The Kier molecular flexibility index (Phi) is 5.78. The lowest BCUT2D eigenvalue weighted by Crippen LogP contribution is -2.51. The minimum absolute atomic E-state index is 0.0699. The van der Waals surface area contributed by atoms with Crippen molar-refractivity contribution in [3.63, 3.8) is 0 Å². The van der Waals surface area contributed by atoms with E-state index in [0.29, 0.717) is 11.7 Å². The Morgan fingerprint density at radius 2 is 1.93 bits per heavy atom. The number of hydrogen-bond acceptors (Lipinski definition) is 4. The molecule has 1 unspecified atom stereocenters. The third-order valence-electron chi connectivity index (χ3n) is 6.31. The molecule has 6 nitrogen and oxygen atoms in total. The van der Waals surface area contributed by atoms with Gasteiger partial charge in [-0.1, -0.05) is 37.3 Å². The van der Waals surface area contributed by atoms with E-state index in [1.165, 1.54) is 11.3 Å². The number of nitrogens with zero attached hydrogens (tertiary/aromatic N) is 4. The summed E-state index contributed by atoms with van der Waals surface area (Å²) in [7, 11) is 1.69. The summed E-state index contributed by atoms with van der Waals surface area (Å²) in [5, 5.41) is 7.52. The Morgan fingerprint density at radius 3 is 2.61 bits per heavy atom. The van der Waals surface area contributed by atoms with E-state index in [1.807, 2.05) is 6.07 Å². The van der Waals surface area contributed by atoms with Crippen molar-refractivity contribution < 1.29 is 4.79 Å². The molecule has 2 aliphatic rings. The van der Waals surface area contributed by atoms with Crippen LogP contribution in [0, 0.1) is 0 Å². The SMILES string of the molecule is CCN1CCN(C2CCc3c(c(C(=O)NC)nn3Cc3ccccc3)C2)CC1. The largest absolute Gasteiger partial charge is 0.354 e. The van der Waals surface area contributed by atoms with Crippen LogP contribution >= 0.6 is 0 Å². The molecule has 28 heavy (non-hydrogen) atoms. The second-order valence-corrected chi connectivity index (χ2v) is 7.86. The first-order valence-electron chi connectivity index (χ1n) is 10.5. The van der Waals surface area contributed by atoms with Crippen LogP contribution < -0.4 is 5.32 Å². The predicted octanol–water partition coefficient (Wildman–Crippen LogP) is 1.79. The summed E-state index contributed by atoms with van der Waals surface area (Å²) >= 11 is 0. The fourth-order valence-corrected chi connectivity index (χ4v) is 4.61. The lowest BCUT2D eigenvalue weighted by Gasteiger charge is -2.40. The van der Waals surface area contributed by atoms with Gasteiger partial charge in [-0.15, -0.1) is 0 Å². The molecule has 1 fully saturated rings. The van der Waals surface area contributed by atoms with Gasteiger partial charge in [0.05, 0.1) is 6.54 Å². The summed E-state index contributed by atoms with van der Waals surface area (Å²) in [6, 6.07) is 10.9. The summed E-state index contributed by atoms with van der Waals surface area (Å²) in [5.74, 6) is -0.0699. The topological polar surface area (TPSA) is 53.4 Å². The van der Waals surface area contributed by atoms with Gasteiger partial charge in [-0.2, -0.15) is 5.10 Å². The highest BCUT2D eigenvalue weighted by Crippen LogP contribution is 2.28. The number of nitrogens with one attached hydrogen (secondary N) is 1.